The Morgan fingerprint density at radius 1 is 1.41 bits per heavy atom. The van der Waals surface area contributed by atoms with Crippen molar-refractivity contribution >= 4 is 21.9 Å². The molecular formula is C12H11BrF5NO3. The minimum absolute atomic E-state index is 0.0508. The van der Waals surface area contributed by atoms with Gasteiger partial charge in [-0.3, -0.25) is 4.79 Å². The van der Waals surface area contributed by atoms with Crippen LogP contribution in [-0.2, 0) is 21.3 Å². The molecule has 0 unspecified atom stereocenters. The quantitative estimate of drug-likeness (QED) is 0.419. The van der Waals surface area contributed by atoms with Gasteiger partial charge in [0.05, 0.1) is 18.7 Å². The fourth-order valence-electron chi connectivity index (χ4n) is 1.66. The summed E-state index contributed by atoms with van der Waals surface area (Å²) in [4.78, 5) is 15.0. The van der Waals surface area contributed by atoms with Crippen LogP contribution in [0.3, 0.4) is 0 Å². The van der Waals surface area contributed by atoms with Gasteiger partial charge in [0.15, 0.2) is 0 Å². The Labute approximate surface area is 130 Å². The van der Waals surface area contributed by atoms with Crippen molar-refractivity contribution < 1.29 is 36.2 Å². The van der Waals surface area contributed by atoms with E-state index in [0.29, 0.717) is 6.07 Å². The fraction of sp³-hybridized carbons (Fsp3) is 0.500. The molecule has 1 aromatic rings. The van der Waals surface area contributed by atoms with E-state index in [0.717, 1.165) is 0 Å². The van der Waals surface area contributed by atoms with E-state index in [9.17, 15) is 26.7 Å². The van der Waals surface area contributed by atoms with E-state index in [2.05, 4.69) is 30.4 Å². The zero-order valence-electron chi connectivity index (χ0n) is 11.2. The topological polar surface area (TPSA) is 48.4 Å². The normalized spacial score (nSPS) is 11.6. The maximum atomic E-state index is 13.1. The second-order valence-electron chi connectivity index (χ2n) is 3.94. The van der Waals surface area contributed by atoms with Gasteiger partial charge in [-0.05, 0) is 12.5 Å². The Balaban J connectivity index is 3.26. The lowest BCUT2D eigenvalue weighted by molar-refractivity contribution is -0.276. The van der Waals surface area contributed by atoms with Crippen LogP contribution in [0.4, 0.5) is 22.0 Å². The van der Waals surface area contributed by atoms with E-state index in [1.165, 1.54) is 6.92 Å². The van der Waals surface area contributed by atoms with Crippen molar-refractivity contribution in [3.8, 4) is 5.88 Å². The van der Waals surface area contributed by atoms with Crippen molar-refractivity contribution in [3.63, 3.8) is 0 Å². The number of carbonyl (C=O) groups excluding carboxylic acids is 1. The summed E-state index contributed by atoms with van der Waals surface area (Å²) >= 11 is 2.94. The van der Waals surface area contributed by atoms with Gasteiger partial charge < -0.3 is 9.47 Å². The van der Waals surface area contributed by atoms with E-state index in [1.54, 1.807) is 0 Å². The Hall–Kier alpha value is -1.45. The third-order valence-corrected chi connectivity index (χ3v) is 2.96. The summed E-state index contributed by atoms with van der Waals surface area (Å²) in [5, 5.41) is -0.128. The van der Waals surface area contributed by atoms with Crippen molar-refractivity contribution in [2.45, 2.75) is 31.5 Å². The summed E-state index contributed by atoms with van der Waals surface area (Å²) in [7, 11) is 0. The summed E-state index contributed by atoms with van der Waals surface area (Å²) in [6, 6.07) is 0.471. The molecule has 0 radical (unpaired) electrons. The van der Waals surface area contributed by atoms with Crippen LogP contribution in [-0.4, -0.2) is 23.9 Å². The summed E-state index contributed by atoms with van der Waals surface area (Å²) in [6.45, 7) is 1.59. The molecule has 0 amide bonds. The SMILES string of the molecule is CCOC(=O)Cc1c(C(F)F)cc(OC(F)(F)F)nc1CBr. The molecule has 0 aliphatic heterocycles. The van der Waals surface area contributed by atoms with Crippen LogP contribution in [0.2, 0.25) is 0 Å². The Morgan fingerprint density at radius 2 is 2.05 bits per heavy atom. The number of carbonyl (C=O) groups is 1. The van der Waals surface area contributed by atoms with Crippen molar-refractivity contribution in [2.75, 3.05) is 6.61 Å². The number of hydrogen-bond acceptors (Lipinski definition) is 4. The highest BCUT2D eigenvalue weighted by molar-refractivity contribution is 9.08. The van der Waals surface area contributed by atoms with Crippen LogP contribution in [0.15, 0.2) is 6.07 Å². The molecule has 0 saturated heterocycles. The number of pyridine rings is 1. The molecule has 0 bridgehead atoms. The zero-order chi connectivity index (χ0) is 16.9. The maximum absolute atomic E-state index is 13.1. The van der Waals surface area contributed by atoms with Gasteiger partial charge in [-0.2, -0.15) is 0 Å². The summed E-state index contributed by atoms with van der Waals surface area (Å²) < 4.78 is 70.9. The minimum Gasteiger partial charge on any atom is -0.466 e. The Morgan fingerprint density at radius 3 is 2.50 bits per heavy atom. The van der Waals surface area contributed by atoms with Gasteiger partial charge in [-0.15, -0.1) is 13.2 Å². The number of hydrogen-bond donors (Lipinski definition) is 0. The first-order valence-electron chi connectivity index (χ1n) is 5.96. The molecule has 1 rings (SSSR count). The second-order valence-corrected chi connectivity index (χ2v) is 4.50. The van der Waals surface area contributed by atoms with Crippen LogP contribution in [0.25, 0.3) is 0 Å². The monoisotopic (exact) mass is 391 g/mol. The highest BCUT2D eigenvalue weighted by Gasteiger charge is 2.33. The van der Waals surface area contributed by atoms with Crippen molar-refractivity contribution in [1.82, 2.24) is 4.98 Å². The van der Waals surface area contributed by atoms with Crippen LogP contribution >= 0.6 is 15.9 Å². The predicted molar refractivity (Wildman–Crippen MR) is 68.8 cm³/mol. The van der Waals surface area contributed by atoms with Gasteiger partial charge in [-0.1, -0.05) is 15.9 Å². The molecule has 124 valence electrons. The van der Waals surface area contributed by atoms with Gasteiger partial charge in [-0.25, -0.2) is 13.8 Å². The molecule has 4 nitrogen and oxygen atoms in total. The summed E-state index contributed by atoms with van der Waals surface area (Å²) in [5.41, 5.74) is -1.08. The Kier molecular flexibility index (Phi) is 6.51. The summed E-state index contributed by atoms with van der Waals surface area (Å²) in [5.74, 6) is -1.79. The maximum Gasteiger partial charge on any atom is 0.574 e. The number of aromatic nitrogens is 1. The molecule has 1 heterocycles. The lowest BCUT2D eigenvalue weighted by atomic mass is 10.0. The largest absolute Gasteiger partial charge is 0.574 e. The number of nitrogens with zero attached hydrogens (tertiary/aromatic N) is 1. The molecule has 0 atom stereocenters. The van der Waals surface area contributed by atoms with Crippen LogP contribution in [0, 0.1) is 0 Å². The summed E-state index contributed by atoms with van der Waals surface area (Å²) in [6.07, 6.45) is -8.67. The molecule has 0 fully saturated rings. The van der Waals surface area contributed by atoms with E-state index >= 15 is 0 Å². The van der Waals surface area contributed by atoms with Gasteiger partial charge >= 0.3 is 12.3 Å². The lowest BCUT2D eigenvalue weighted by Gasteiger charge is -2.15. The van der Waals surface area contributed by atoms with E-state index in [4.69, 9.17) is 0 Å². The van der Waals surface area contributed by atoms with Crippen LogP contribution in [0.1, 0.15) is 30.2 Å². The average molecular weight is 392 g/mol. The molecule has 0 aliphatic rings. The molecule has 1 aromatic heterocycles. The first-order chi connectivity index (χ1) is 10.2. The first kappa shape index (κ1) is 18.6. The number of rotatable bonds is 6. The first-order valence-corrected chi connectivity index (χ1v) is 7.08. The van der Waals surface area contributed by atoms with Gasteiger partial charge in [0.2, 0.25) is 5.88 Å². The molecule has 0 saturated carbocycles. The molecule has 0 spiro atoms. The number of alkyl halides is 6. The molecule has 22 heavy (non-hydrogen) atoms. The highest BCUT2D eigenvalue weighted by atomic mass is 79.9. The highest BCUT2D eigenvalue weighted by Crippen LogP contribution is 2.32. The smallest absolute Gasteiger partial charge is 0.466 e. The van der Waals surface area contributed by atoms with Crippen molar-refractivity contribution in [1.29, 1.82) is 0 Å². The van der Waals surface area contributed by atoms with Crippen molar-refractivity contribution in [2.24, 2.45) is 0 Å². The minimum atomic E-state index is -5.06. The van der Waals surface area contributed by atoms with Gasteiger partial charge in [0.1, 0.15) is 0 Å². The molecule has 0 aromatic carbocycles. The van der Waals surface area contributed by atoms with Crippen LogP contribution < -0.4 is 4.74 Å². The third-order valence-electron chi connectivity index (χ3n) is 2.43. The van der Waals surface area contributed by atoms with E-state index < -0.39 is 36.6 Å². The predicted octanol–water partition coefficient (Wildman–Crippen LogP) is 3.92. The number of ether oxygens (including phenoxy) is 2. The zero-order valence-corrected chi connectivity index (χ0v) is 12.8. The van der Waals surface area contributed by atoms with E-state index in [1.807, 2.05) is 0 Å². The van der Waals surface area contributed by atoms with Crippen molar-refractivity contribution in [3.05, 3.63) is 22.9 Å². The molecule has 0 aliphatic carbocycles. The number of esters is 1. The molecule has 0 N–H and O–H groups in total. The lowest BCUT2D eigenvalue weighted by Crippen LogP contribution is -2.19. The third kappa shape index (κ3) is 5.39. The van der Waals surface area contributed by atoms with E-state index in [-0.39, 0.29) is 23.2 Å². The van der Waals surface area contributed by atoms with Gasteiger partial charge in [0, 0.05) is 17.0 Å². The second kappa shape index (κ2) is 7.70. The average Bonchev–Trinajstić information content (AvgIpc) is 2.38. The van der Waals surface area contributed by atoms with Gasteiger partial charge in [0.25, 0.3) is 6.43 Å². The Bertz CT molecular complexity index is 536. The molecular weight excluding hydrogens is 381 g/mol. The molecule has 10 heteroatoms. The standard InChI is InChI=1S/C12H11BrF5NO3/c1-2-21-10(20)4-6-7(11(14)15)3-9(19-8(6)5-13)22-12(16,17)18/h3,11H,2,4-5H2,1H3. The van der Waals surface area contributed by atoms with Crippen LogP contribution in [0.5, 0.6) is 5.88 Å². The number of halogens is 6. The fourth-order valence-corrected chi connectivity index (χ4v) is 2.12.